The Morgan fingerprint density at radius 2 is 2.43 bits per heavy atom. The number of fused-ring (bicyclic) bond motifs is 1. The predicted molar refractivity (Wildman–Crippen MR) is 48.9 cm³/mol. The second-order valence-electron chi connectivity index (χ2n) is 3.40. The molecule has 1 aliphatic heterocycles. The number of aryl methyl sites for hydroxylation is 1. The van der Waals surface area contributed by atoms with Crippen LogP contribution in [0.3, 0.4) is 0 Å². The van der Waals surface area contributed by atoms with Crippen molar-refractivity contribution in [3.05, 3.63) is 29.4 Å². The zero-order chi connectivity index (χ0) is 9.54. The molecule has 0 bridgehead atoms. The highest BCUT2D eigenvalue weighted by molar-refractivity contribution is 5.24. The summed E-state index contributed by atoms with van der Waals surface area (Å²) in [4.78, 5) is 4.11. The van der Waals surface area contributed by atoms with Crippen LogP contribution in [0.5, 0.6) is 0 Å². The zero-order valence-electron chi connectivity index (χ0n) is 7.82. The van der Waals surface area contributed by atoms with E-state index in [9.17, 15) is 0 Å². The lowest BCUT2D eigenvalue weighted by atomic mass is 10.3. The molecule has 3 heterocycles. The summed E-state index contributed by atoms with van der Waals surface area (Å²) in [5, 5.41) is 7.60. The minimum Gasteiger partial charge on any atom is -0.427 e. The monoisotopic (exact) mass is 190 g/mol. The summed E-state index contributed by atoms with van der Waals surface area (Å²) in [7, 11) is 0. The minimum atomic E-state index is 0.539. The largest absolute Gasteiger partial charge is 0.427 e. The molecule has 0 fully saturated rings. The summed E-state index contributed by atoms with van der Waals surface area (Å²) in [6, 6.07) is 0.539. The van der Waals surface area contributed by atoms with Crippen molar-refractivity contribution in [2.24, 2.45) is 0 Å². The van der Waals surface area contributed by atoms with Gasteiger partial charge < -0.3 is 9.73 Å². The van der Waals surface area contributed by atoms with Crippen LogP contribution < -0.4 is 5.32 Å². The van der Waals surface area contributed by atoms with Gasteiger partial charge in [-0.2, -0.15) is 14.8 Å². The maximum absolute atomic E-state index is 5.38. The van der Waals surface area contributed by atoms with Crippen molar-refractivity contribution in [2.45, 2.75) is 20.0 Å². The van der Waals surface area contributed by atoms with E-state index in [1.54, 1.807) is 10.9 Å². The van der Waals surface area contributed by atoms with Crippen molar-refractivity contribution in [3.8, 4) is 6.01 Å². The van der Waals surface area contributed by atoms with Gasteiger partial charge in [-0.3, -0.25) is 0 Å². The van der Waals surface area contributed by atoms with E-state index in [1.807, 2.05) is 13.1 Å². The fourth-order valence-electron chi connectivity index (χ4n) is 1.60. The first kappa shape index (κ1) is 7.75. The van der Waals surface area contributed by atoms with E-state index in [0.717, 1.165) is 24.5 Å². The van der Waals surface area contributed by atoms with Crippen LogP contribution in [0.25, 0.3) is 6.01 Å². The Hall–Kier alpha value is -1.62. The van der Waals surface area contributed by atoms with Gasteiger partial charge in [0.15, 0.2) is 0 Å². The van der Waals surface area contributed by atoms with E-state index < -0.39 is 0 Å². The van der Waals surface area contributed by atoms with Crippen LogP contribution in [-0.2, 0) is 13.1 Å². The lowest BCUT2D eigenvalue weighted by Gasteiger charge is -1.94. The maximum atomic E-state index is 5.38. The van der Waals surface area contributed by atoms with Gasteiger partial charge in [0, 0.05) is 24.8 Å². The van der Waals surface area contributed by atoms with Crippen molar-refractivity contribution >= 4 is 0 Å². The van der Waals surface area contributed by atoms with E-state index >= 15 is 0 Å². The van der Waals surface area contributed by atoms with Crippen LogP contribution >= 0.6 is 0 Å². The van der Waals surface area contributed by atoms with E-state index in [2.05, 4.69) is 15.4 Å². The number of rotatable bonds is 1. The third-order valence-corrected chi connectivity index (χ3v) is 2.29. The number of oxazole rings is 1. The van der Waals surface area contributed by atoms with Gasteiger partial charge in [-0.15, -0.1) is 0 Å². The molecule has 0 unspecified atom stereocenters. The van der Waals surface area contributed by atoms with Gasteiger partial charge in [0.25, 0.3) is 0 Å². The van der Waals surface area contributed by atoms with Gasteiger partial charge in [0.1, 0.15) is 5.76 Å². The average molecular weight is 190 g/mol. The molecule has 0 aliphatic carbocycles. The highest BCUT2D eigenvalue weighted by Crippen LogP contribution is 2.16. The average Bonchev–Trinajstić information content (AvgIpc) is 2.75. The molecule has 0 saturated heterocycles. The second-order valence-corrected chi connectivity index (χ2v) is 3.40. The molecule has 0 spiro atoms. The Kier molecular flexibility index (Phi) is 1.49. The van der Waals surface area contributed by atoms with Crippen LogP contribution in [0.2, 0.25) is 0 Å². The topological polar surface area (TPSA) is 55.9 Å². The Labute approximate surface area is 80.7 Å². The summed E-state index contributed by atoms with van der Waals surface area (Å²) in [6.45, 7) is 3.59. The van der Waals surface area contributed by atoms with E-state index in [-0.39, 0.29) is 0 Å². The van der Waals surface area contributed by atoms with Crippen LogP contribution in [-0.4, -0.2) is 14.8 Å². The van der Waals surface area contributed by atoms with E-state index in [4.69, 9.17) is 4.42 Å². The molecule has 72 valence electrons. The molecule has 0 radical (unpaired) electrons. The van der Waals surface area contributed by atoms with Crippen LogP contribution in [0.1, 0.15) is 17.0 Å². The molecule has 5 nitrogen and oxygen atoms in total. The maximum Gasteiger partial charge on any atom is 0.322 e. The van der Waals surface area contributed by atoms with Crippen LogP contribution in [0.4, 0.5) is 0 Å². The van der Waals surface area contributed by atoms with Gasteiger partial charge in [-0.05, 0) is 6.92 Å². The van der Waals surface area contributed by atoms with Crippen molar-refractivity contribution in [1.82, 2.24) is 20.1 Å². The molecule has 2 aromatic rings. The third-order valence-electron chi connectivity index (χ3n) is 2.29. The number of hydrogen-bond donors (Lipinski definition) is 1. The van der Waals surface area contributed by atoms with Gasteiger partial charge in [0.2, 0.25) is 0 Å². The van der Waals surface area contributed by atoms with Crippen molar-refractivity contribution in [2.75, 3.05) is 0 Å². The molecule has 2 aromatic heterocycles. The fraction of sp³-hybridized carbons (Fsp3) is 0.333. The summed E-state index contributed by atoms with van der Waals surface area (Å²) in [5.74, 6) is 0.800. The number of nitrogens with zero attached hydrogens (tertiary/aromatic N) is 3. The number of aromatic nitrogens is 3. The van der Waals surface area contributed by atoms with Crippen molar-refractivity contribution < 1.29 is 4.42 Å². The lowest BCUT2D eigenvalue weighted by molar-refractivity contribution is 0.484. The standard InChI is InChI=1S/C9H10N4O/c1-6-2-11-9(14-6)13-5-7-3-10-4-8(7)12-13/h2,5,10H,3-4H2,1H3. The molecule has 0 amide bonds. The molecule has 1 aliphatic rings. The van der Waals surface area contributed by atoms with Crippen LogP contribution in [0.15, 0.2) is 16.8 Å². The minimum absolute atomic E-state index is 0.539. The molecular weight excluding hydrogens is 180 g/mol. The van der Waals surface area contributed by atoms with Gasteiger partial charge >= 0.3 is 6.01 Å². The Morgan fingerprint density at radius 1 is 1.50 bits per heavy atom. The van der Waals surface area contributed by atoms with E-state index in [1.165, 1.54) is 5.56 Å². The summed E-state index contributed by atoms with van der Waals surface area (Å²) < 4.78 is 7.07. The Bertz CT molecular complexity index is 449. The molecule has 5 heteroatoms. The first-order chi connectivity index (χ1) is 6.83. The van der Waals surface area contributed by atoms with Gasteiger partial charge in [0.05, 0.1) is 11.9 Å². The normalized spacial score (nSPS) is 14.6. The molecule has 1 N–H and O–H groups in total. The van der Waals surface area contributed by atoms with Crippen molar-refractivity contribution in [3.63, 3.8) is 0 Å². The van der Waals surface area contributed by atoms with Crippen molar-refractivity contribution in [1.29, 1.82) is 0 Å². The molecule has 14 heavy (non-hydrogen) atoms. The van der Waals surface area contributed by atoms with Gasteiger partial charge in [-0.1, -0.05) is 0 Å². The predicted octanol–water partition coefficient (Wildman–Crippen LogP) is 0.772. The SMILES string of the molecule is Cc1cnc(-n2cc3c(n2)CNC3)o1. The molecule has 3 rings (SSSR count). The van der Waals surface area contributed by atoms with Gasteiger partial charge in [-0.25, -0.2) is 0 Å². The number of hydrogen-bond acceptors (Lipinski definition) is 4. The first-order valence-corrected chi connectivity index (χ1v) is 4.54. The Morgan fingerprint density at radius 3 is 3.14 bits per heavy atom. The zero-order valence-corrected chi connectivity index (χ0v) is 7.82. The fourth-order valence-corrected chi connectivity index (χ4v) is 1.60. The van der Waals surface area contributed by atoms with E-state index in [0.29, 0.717) is 6.01 Å². The summed E-state index contributed by atoms with van der Waals surface area (Å²) in [6.07, 6.45) is 3.65. The molecular formula is C9H10N4O. The summed E-state index contributed by atoms with van der Waals surface area (Å²) >= 11 is 0. The molecule has 0 atom stereocenters. The number of nitrogens with one attached hydrogen (secondary N) is 1. The summed E-state index contributed by atoms with van der Waals surface area (Å²) in [5.41, 5.74) is 2.31. The third kappa shape index (κ3) is 1.06. The quantitative estimate of drug-likeness (QED) is 0.721. The lowest BCUT2D eigenvalue weighted by Crippen LogP contribution is -2.05. The molecule has 0 aromatic carbocycles. The smallest absolute Gasteiger partial charge is 0.322 e. The second kappa shape index (κ2) is 2.68. The van der Waals surface area contributed by atoms with Crippen LogP contribution in [0, 0.1) is 6.92 Å². The Balaban J connectivity index is 2.05. The molecule has 0 saturated carbocycles. The highest BCUT2D eigenvalue weighted by atomic mass is 16.4. The highest BCUT2D eigenvalue weighted by Gasteiger charge is 2.16. The first-order valence-electron chi connectivity index (χ1n) is 4.54.